The van der Waals surface area contributed by atoms with Crippen molar-refractivity contribution >= 4 is 11.6 Å². The molecule has 0 amide bonds. The summed E-state index contributed by atoms with van der Waals surface area (Å²) in [6, 6.07) is 7.14. The Labute approximate surface area is 121 Å². The van der Waals surface area contributed by atoms with Crippen molar-refractivity contribution in [2.75, 3.05) is 0 Å². The van der Waals surface area contributed by atoms with Crippen molar-refractivity contribution in [1.29, 1.82) is 0 Å². The number of alkyl halides is 3. The number of nitrogens with one attached hydrogen (secondary N) is 1. The first-order valence-electron chi connectivity index (χ1n) is 6.70. The van der Waals surface area contributed by atoms with E-state index in [1.807, 2.05) is 12.1 Å². The second-order valence-electron chi connectivity index (χ2n) is 5.35. The van der Waals surface area contributed by atoms with Crippen LogP contribution in [-0.2, 0) is 0 Å². The molecule has 0 radical (unpaired) electrons. The van der Waals surface area contributed by atoms with Gasteiger partial charge in [0.15, 0.2) is 0 Å². The highest BCUT2D eigenvalue weighted by molar-refractivity contribution is 6.30. The van der Waals surface area contributed by atoms with Crippen molar-refractivity contribution in [3.05, 3.63) is 34.9 Å². The van der Waals surface area contributed by atoms with Crippen LogP contribution in [0.2, 0.25) is 5.02 Å². The summed E-state index contributed by atoms with van der Waals surface area (Å²) in [5.41, 5.74) is 3.70. The van der Waals surface area contributed by atoms with Crippen LogP contribution in [0, 0.1) is 11.8 Å². The second kappa shape index (κ2) is 6.33. The molecule has 0 aromatic heterocycles. The van der Waals surface area contributed by atoms with Crippen molar-refractivity contribution in [3.63, 3.8) is 0 Å². The van der Waals surface area contributed by atoms with E-state index in [0.717, 1.165) is 5.56 Å². The standard InChI is InChI=1S/C14H18ClF3N2/c15-12-7-3-10(4-8-12)13(20-19)9-1-5-11(6-2-9)14(16,17)18/h3-4,7-9,11,13,20H,1-2,5-6,19H2. The molecular weight excluding hydrogens is 289 g/mol. The number of nitrogens with two attached hydrogens (primary N) is 1. The third-order valence-electron chi connectivity index (χ3n) is 4.11. The summed E-state index contributed by atoms with van der Waals surface area (Å²) in [4.78, 5) is 0. The van der Waals surface area contributed by atoms with E-state index in [1.165, 1.54) is 0 Å². The average molecular weight is 307 g/mol. The van der Waals surface area contributed by atoms with E-state index in [9.17, 15) is 13.2 Å². The Hall–Kier alpha value is -0.780. The average Bonchev–Trinajstić information content (AvgIpc) is 2.41. The molecule has 3 N–H and O–H groups in total. The van der Waals surface area contributed by atoms with Crippen LogP contribution >= 0.6 is 11.6 Å². The zero-order valence-corrected chi connectivity index (χ0v) is 11.7. The van der Waals surface area contributed by atoms with Gasteiger partial charge in [0.05, 0.1) is 5.92 Å². The van der Waals surface area contributed by atoms with E-state index in [1.54, 1.807) is 12.1 Å². The number of hydrogen-bond donors (Lipinski definition) is 2. The van der Waals surface area contributed by atoms with Gasteiger partial charge in [-0.3, -0.25) is 11.3 Å². The number of hydrogen-bond acceptors (Lipinski definition) is 2. The summed E-state index contributed by atoms with van der Waals surface area (Å²) in [5.74, 6) is 4.55. The highest BCUT2D eigenvalue weighted by Crippen LogP contribution is 2.43. The fourth-order valence-electron chi connectivity index (χ4n) is 2.95. The Kier molecular flexibility index (Phi) is 4.94. The zero-order chi connectivity index (χ0) is 14.8. The molecule has 1 aliphatic carbocycles. The third-order valence-corrected chi connectivity index (χ3v) is 4.37. The van der Waals surface area contributed by atoms with Gasteiger partial charge in [0.25, 0.3) is 0 Å². The third kappa shape index (κ3) is 3.65. The molecule has 0 bridgehead atoms. The van der Waals surface area contributed by atoms with Crippen LogP contribution in [0.3, 0.4) is 0 Å². The fourth-order valence-corrected chi connectivity index (χ4v) is 3.08. The van der Waals surface area contributed by atoms with Crippen molar-refractivity contribution in [2.45, 2.75) is 37.9 Å². The molecular formula is C14H18ClF3N2. The van der Waals surface area contributed by atoms with E-state index >= 15 is 0 Å². The molecule has 0 saturated heterocycles. The quantitative estimate of drug-likeness (QED) is 0.648. The van der Waals surface area contributed by atoms with E-state index in [0.29, 0.717) is 17.9 Å². The van der Waals surface area contributed by atoms with Crippen molar-refractivity contribution in [1.82, 2.24) is 5.43 Å². The van der Waals surface area contributed by atoms with Gasteiger partial charge in [0, 0.05) is 11.1 Å². The van der Waals surface area contributed by atoms with Gasteiger partial charge in [0.1, 0.15) is 0 Å². The van der Waals surface area contributed by atoms with E-state index in [2.05, 4.69) is 5.43 Å². The van der Waals surface area contributed by atoms with Gasteiger partial charge in [-0.15, -0.1) is 0 Å². The molecule has 1 saturated carbocycles. The molecule has 1 atom stereocenters. The van der Waals surface area contributed by atoms with Gasteiger partial charge in [-0.25, -0.2) is 0 Å². The summed E-state index contributed by atoms with van der Waals surface area (Å²) >= 11 is 5.84. The van der Waals surface area contributed by atoms with Crippen LogP contribution in [-0.4, -0.2) is 6.18 Å². The first-order valence-corrected chi connectivity index (χ1v) is 7.08. The second-order valence-corrected chi connectivity index (χ2v) is 5.79. The topological polar surface area (TPSA) is 38.0 Å². The van der Waals surface area contributed by atoms with Crippen LogP contribution in [0.5, 0.6) is 0 Å². The largest absolute Gasteiger partial charge is 0.391 e. The fraction of sp³-hybridized carbons (Fsp3) is 0.571. The molecule has 20 heavy (non-hydrogen) atoms. The Morgan fingerprint density at radius 3 is 2.10 bits per heavy atom. The highest BCUT2D eigenvalue weighted by Gasteiger charge is 2.42. The molecule has 2 nitrogen and oxygen atoms in total. The van der Waals surface area contributed by atoms with Gasteiger partial charge in [-0.05, 0) is 49.3 Å². The Morgan fingerprint density at radius 1 is 1.10 bits per heavy atom. The van der Waals surface area contributed by atoms with E-state index < -0.39 is 12.1 Å². The Morgan fingerprint density at radius 2 is 1.65 bits per heavy atom. The lowest BCUT2D eigenvalue weighted by Gasteiger charge is -2.34. The predicted octanol–water partition coefficient (Wildman–Crippen LogP) is 4.21. The monoisotopic (exact) mass is 306 g/mol. The summed E-state index contributed by atoms with van der Waals surface area (Å²) in [6.45, 7) is 0. The van der Waals surface area contributed by atoms with E-state index in [4.69, 9.17) is 17.4 Å². The molecule has 1 aromatic carbocycles. The Bertz CT molecular complexity index is 425. The van der Waals surface area contributed by atoms with Crippen LogP contribution in [0.15, 0.2) is 24.3 Å². The lowest BCUT2D eigenvalue weighted by atomic mass is 9.76. The lowest BCUT2D eigenvalue weighted by Crippen LogP contribution is -2.37. The van der Waals surface area contributed by atoms with Gasteiger partial charge >= 0.3 is 6.18 Å². The minimum atomic E-state index is -4.07. The number of benzene rings is 1. The highest BCUT2D eigenvalue weighted by atomic mass is 35.5. The lowest BCUT2D eigenvalue weighted by molar-refractivity contribution is -0.184. The zero-order valence-electron chi connectivity index (χ0n) is 11.0. The predicted molar refractivity (Wildman–Crippen MR) is 73.0 cm³/mol. The molecule has 0 heterocycles. The first kappa shape index (κ1) is 15.6. The SMILES string of the molecule is NNC(c1ccc(Cl)cc1)C1CCC(C(F)(F)F)CC1. The molecule has 1 fully saturated rings. The van der Waals surface area contributed by atoms with Crippen molar-refractivity contribution < 1.29 is 13.2 Å². The number of hydrazine groups is 1. The van der Waals surface area contributed by atoms with Crippen LogP contribution in [0.25, 0.3) is 0 Å². The van der Waals surface area contributed by atoms with Gasteiger partial charge < -0.3 is 0 Å². The molecule has 0 aliphatic heterocycles. The maximum absolute atomic E-state index is 12.7. The molecule has 1 unspecified atom stereocenters. The number of rotatable bonds is 3. The van der Waals surface area contributed by atoms with Crippen LogP contribution < -0.4 is 11.3 Å². The molecule has 1 aromatic rings. The van der Waals surface area contributed by atoms with Crippen LogP contribution in [0.1, 0.15) is 37.3 Å². The smallest absolute Gasteiger partial charge is 0.271 e. The first-order chi connectivity index (χ1) is 9.41. The summed E-state index contributed by atoms with van der Waals surface area (Å²) in [5, 5.41) is 0.630. The molecule has 1 aliphatic rings. The van der Waals surface area contributed by atoms with Crippen LogP contribution in [0.4, 0.5) is 13.2 Å². The maximum atomic E-state index is 12.7. The minimum Gasteiger partial charge on any atom is -0.271 e. The Balaban J connectivity index is 2.02. The van der Waals surface area contributed by atoms with Gasteiger partial charge in [0.2, 0.25) is 0 Å². The van der Waals surface area contributed by atoms with Gasteiger partial charge in [-0.2, -0.15) is 13.2 Å². The minimum absolute atomic E-state index is 0.124. The van der Waals surface area contributed by atoms with Crippen molar-refractivity contribution in [2.24, 2.45) is 17.7 Å². The molecule has 112 valence electrons. The van der Waals surface area contributed by atoms with Crippen molar-refractivity contribution in [3.8, 4) is 0 Å². The molecule has 2 rings (SSSR count). The normalized spacial score (nSPS) is 25.4. The number of halogens is 4. The van der Waals surface area contributed by atoms with E-state index in [-0.39, 0.29) is 24.8 Å². The summed E-state index contributed by atoms with van der Waals surface area (Å²) in [7, 11) is 0. The van der Waals surface area contributed by atoms with Gasteiger partial charge in [-0.1, -0.05) is 23.7 Å². The summed E-state index contributed by atoms with van der Waals surface area (Å²) < 4.78 is 38.0. The summed E-state index contributed by atoms with van der Waals surface area (Å²) in [6.07, 6.45) is -2.65. The maximum Gasteiger partial charge on any atom is 0.391 e. The molecule has 6 heteroatoms. The molecule has 0 spiro atoms.